The number of aromatic amines is 1. The summed E-state index contributed by atoms with van der Waals surface area (Å²) < 4.78 is 0.886. The SMILES string of the molecule is CCc1sc(=S)[nH]c1-c1ccc2c(c1)CCC2. The third-order valence-corrected chi connectivity index (χ3v) is 4.81. The van der Waals surface area contributed by atoms with Gasteiger partial charge in [-0.1, -0.05) is 19.1 Å². The van der Waals surface area contributed by atoms with E-state index in [9.17, 15) is 0 Å². The topological polar surface area (TPSA) is 15.8 Å². The highest BCUT2D eigenvalue weighted by Crippen LogP contribution is 2.31. The Morgan fingerprint density at radius 2 is 2.12 bits per heavy atom. The molecule has 1 aliphatic carbocycles. The maximum Gasteiger partial charge on any atom is 0.159 e. The molecule has 3 heteroatoms. The van der Waals surface area contributed by atoms with Crippen LogP contribution in [-0.4, -0.2) is 4.98 Å². The molecule has 1 aliphatic rings. The molecule has 2 aromatic rings. The Morgan fingerprint density at radius 3 is 2.94 bits per heavy atom. The Hall–Kier alpha value is -0.930. The molecule has 0 spiro atoms. The van der Waals surface area contributed by atoms with Crippen molar-refractivity contribution >= 4 is 23.6 Å². The lowest BCUT2D eigenvalue weighted by atomic mass is 10.0. The fourth-order valence-electron chi connectivity index (χ4n) is 2.57. The summed E-state index contributed by atoms with van der Waals surface area (Å²) in [6.07, 6.45) is 4.83. The quantitative estimate of drug-likeness (QED) is 0.786. The predicted octanol–water partition coefficient (Wildman–Crippen LogP) is 4.52. The maximum atomic E-state index is 5.25. The molecule has 1 aromatic carbocycles. The fourth-order valence-corrected chi connectivity index (χ4v) is 3.77. The Balaban J connectivity index is 2.12. The summed E-state index contributed by atoms with van der Waals surface area (Å²) in [4.78, 5) is 4.70. The van der Waals surface area contributed by atoms with Gasteiger partial charge in [-0.15, -0.1) is 11.3 Å². The first-order chi connectivity index (χ1) is 8.28. The number of hydrogen-bond donors (Lipinski definition) is 1. The molecule has 1 nitrogen and oxygen atoms in total. The van der Waals surface area contributed by atoms with Crippen molar-refractivity contribution in [1.29, 1.82) is 0 Å². The number of aryl methyl sites for hydroxylation is 3. The van der Waals surface area contributed by atoms with E-state index in [1.165, 1.54) is 46.5 Å². The number of aromatic nitrogens is 1. The van der Waals surface area contributed by atoms with E-state index >= 15 is 0 Å². The van der Waals surface area contributed by atoms with E-state index in [-0.39, 0.29) is 0 Å². The minimum Gasteiger partial charge on any atom is -0.337 e. The molecule has 1 N–H and O–H groups in total. The largest absolute Gasteiger partial charge is 0.337 e. The molecule has 0 saturated carbocycles. The van der Waals surface area contributed by atoms with Crippen LogP contribution in [0.1, 0.15) is 29.3 Å². The monoisotopic (exact) mass is 261 g/mol. The van der Waals surface area contributed by atoms with Gasteiger partial charge in [-0.25, -0.2) is 0 Å². The van der Waals surface area contributed by atoms with Crippen LogP contribution >= 0.6 is 23.6 Å². The van der Waals surface area contributed by atoms with E-state index in [4.69, 9.17) is 12.2 Å². The zero-order chi connectivity index (χ0) is 11.8. The molecule has 0 unspecified atom stereocenters. The lowest BCUT2D eigenvalue weighted by Gasteiger charge is -2.05. The molecule has 0 radical (unpaired) electrons. The van der Waals surface area contributed by atoms with Crippen molar-refractivity contribution in [3.05, 3.63) is 38.2 Å². The second-order valence-corrected chi connectivity index (χ2v) is 6.28. The first-order valence-corrected chi connectivity index (χ1v) is 7.34. The van der Waals surface area contributed by atoms with Crippen LogP contribution in [0, 0.1) is 3.95 Å². The lowest BCUT2D eigenvalue weighted by molar-refractivity contribution is 0.912. The second kappa shape index (κ2) is 4.39. The summed E-state index contributed by atoms with van der Waals surface area (Å²) in [5, 5.41) is 0. The van der Waals surface area contributed by atoms with E-state index in [1.54, 1.807) is 11.3 Å². The number of hydrogen-bond acceptors (Lipinski definition) is 2. The molecule has 0 aliphatic heterocycles. The highest BCUT2D eigenvalue weighted by Gasteiger charge is 2.13. The molecular formula is C14H15NS2. The van der Waals surface area contributed by atoms with Crippen LogP contribution in [0.2, 0.25) is 0 Å². The summed E-state index contributed by atoms with van der Waals surface area (Å²) in [6.45, 7) is 2.19. The van der Waals surface area contributed by atoms with E-state index in [0.717, 1.165) is 10.4 Å². The van der Waals surface area contributed by atoms with Gasteiger partial charge in [-0.05, 0) is 60.7 Å². The van der Waals surface area contributed by atoms with Crippen LogP contribution in [0.15, 0.2) is 18.2 Å². The molecule has 0 amide bonds. The normalized spacial score (nSPS) is 13.9. The van der Waals surface area contributed by atoms with E-state index in [1.807, 2.05) is 0 Å². The Bertz CT molecular complexity index is 607. The molecule has 3 rings (SSSR count). The van der Waals surface area contributed by atoms with Crippen LogP contribution in [0.25, 0.3) is 11.3 Å². The molecule has 0 saturated heterocycles. The van der Waals surface area contributed by atoms with Crippen LogP contribution < -0.4 is 0 Å². The third kappa shape index (κ3) is 1.98. The Labute approximate surface area is 111 Å². The summed E-state index contributed by atoms with van der Waals surface area (Å²) in [7, 11) is 0. The van der Waals surface area contributed by atoms with Crippen molar-refractivity contribution in [2.45, 2.75) is 32.6 Å². The van der Waals surface area contributed by atoms with Gasteiger partial charge in [0, 0.05) is 4.88 Å². The number of H-pyrrole nitrogens is 1. The summed E-state index contributed by atoms with van der Waals surface area (Å²) in [5.74, 6) is 0. The van der Waals surface area contributed by atoms with E-state index in [0.29, 0.717) is 0 Å². The molecule has 0 fully saturated rings. The van der Waals surface area contributed by atoms with Gasteiger partial charge in [0.2, 0.25) is 0 Å². The molecule has 0 bridgehead atoms. The molecule has 0 atom stereocenters. The molecular weight excluding hydrogens is 246 g/mol. The van der Waals surface area contributed by atoms with E-state index in [2.05, 4.69) is 30.1 Å². The predicted molar refractivity (Wildman–Crippen MR) is 76.3 cm³/mol. The smallest absolute Gasteiger partial charge is 0.159 e. The van der Waals surface area contributed by atoms with Gasteiger partial charge in [0.1, 0.15) is 0 Å². The number of benzene rings is 1. The van der Waals surface area contributed by atoms with Crippen LogP contribution in [0.5, 0.6) is 0 Å². The average molecular weight is 261 g/mol. The van der Waals surface area contributed by atoms with Crippen molar-refractivity contribution in [3.8, 4) is 11.3 Å². The zero-order valence-corrected chi connectivity index (χ0v) is 11.5. The Kier molecular flexibility index (Phi) is 2.89. The van der Waals surface area contributed by atoms with Gasteiger partial charge in [0.05, 0.1) is 5.69 Å². The molecule has 88 valence electrons. The van der Waals surface area contributed by atoms with Crippen molar-refractivity contribution in [2.75, 3.05) is 0 Å². The zero-order valence-electron chi connectivity index (χ0n) is 9.88. The summed E-state index contributed by atoms with van der Waals surface area (Å²) in [6, 6.07) is 6.86. The van der Waals surface area contributed by atoms with Gasteiger partial charge in [0.15, 0.2) is 3.95 Å². The highest BCUT2D eigenvalue weighted by atomic mass is 32.1. The van der Waals surface area contributed by atoms with Crippen LogP contribution in [-0.2, 0) is 19.3 Å². The van der Waals surface area contributed by atoms with Gasteiger partial charge in [0.25, 0.3) is 0 Å². The van der Waals surface area contributed by atoms with Crippen molar-refractivity contribution in [1.82, 2.24) is 4.98 Å². The Morgan fingerprint density at radius 1 is 1.29 bits per heavy atom. The molecule has 17 heavy (non-hydrogen) atoms. The number of nitrogens with one attached hydrogen (secondary N) is 1. The van der Waals surface area contributed by atoms with Crippen LogP contribution in [0.4, 0.5) is 0 Å². The minimum atomic E-state index is 0.886. The summed E-state index contributed by atoms with van der Waals surface area (Å²) >= 11 is 6.95. The average Bonchev–Trinajstić information content (AvgIpc) is 2.93. The van der Waals surface area contributed by atoms with Gasteiger partial charge >= 0.3 is 0 Å². The standard InChI is InChI=1S/C14H15NS2/c1-2-12-13(15-14(16)17-12)11-7-6-9-4-3-5-10(9)8-11/h6-8H,2-5H2,1H3,(H,15,16). The third-order valence-electron chi connectivity index (χ3n) is 3.43. The van der Waals surface area contributed by atoms with Gasteiger partial charge < -0.3 is 4.98 Å². The summed E-state index contributed by atoms with van der Waals surface area (Å²) in [5.41, 5.74) is 5.59. The van der Waals surface area contributed by atoms with Crippen LogP contribution in [0.3, 0.4) is 0 Å². The van der Waals surface area contributed by atoms with E-state index < -0.39 is 0 Å². The first kappa shape index (κ1) is 11.2. The minimum absolute atomic E-state index is 0.886. The number of thiazole rings is 1. The number of fused-ring (bicyclic) bond motifs is 1. The maximum absolute atomic E-state index is 5.25. The molecule has 1 heterocycles. The number of rotatable bonds is 2. The van der Waals surface area contributed by atoms with Crippen molar-refractivity contribution < 1.29 is 0 Å². The fraction of sp³-hybridized carbons (Fsp3) is 0.357. The second-order valence-electron chi connectivity index (χ2n) is 4.50. The van der Waals surface area contributed by atoms with Crippen molar-refractivity contribution in [3.63, 3.8) is 0 Å². The van der Waals surface area contributed by atoms with Gasteiger partial charge in [-0.3, -0.25) is 0 Å². The highest BCUT2D eigenvalue weighted by molar-refractivity contribution is 7.73. The lowest BCUT2D eigenvalue weighted by Crippen LogP contribution is -1.87. The van der Waals surface area contributed by atoms with Gasteiger partial charge in [-0.2, -0.15) is 0 Å². The first-order valence-electron chi connectivity index (χ1n) is 6.12. The molecule has 1 aromatic heterocycles. The van der Waals surface area contributed by atoms with Crippen molar-refractivity contribution in [2.24, 2.45) is 0 Å².